The third-order valence-corrected chi connectivity index (χ3v) is 2.35. The van der Waals surface area contributed by atoms with E-state index in [9.17, 15) is 0 Å². The maximum Gasteiger partial charge on any atom is 0.00239 e. The molecule has 0 aliphatic carbocycles. The van der Waals surface area contributed by atoms with Gasteiger partial charge in [-0.2, -0.15) is 0 Å². The van der Waals surface area contributed by atoms with Crippen molar-refractivity contribution in [2.45, 2.75) is 40.5 Å². The lowest BCUT2D eigenvalue weighted by Crippen LogP contribution is -1.94. The highest BCUT2D eigenvalue weighted by molar-refractivity contribution is 5.16. The summed E-state index contributed by atoms with van der Waals surface area (Å²) in [5.74, 6) is 0.494. The van der Waals surface area contributed by atoms with Crippen LogP contribution >= 0.6 is 0 Å². The summed E-state index contributed by atoms with van der Waals surface area (Å²) in [6, 6.07) is 0. The molecule has 0 spiro atoms. The molecule has 0 rings (SSSR count). The maximum absolute atomic E-state index is 3.59. The molecule has 0 bridgehead atoms. The summed E-state index contributed by atoms with van der Waals surface area (Å²) < 4.78 is 0. The van der Waals surface area contributed by atoms with Crippen molar-refractivity contribution in [3.63, 3.8) is 0 Å². The molecule has 0 saturated carbocycles. The molecule has 0 nitrogen and oxygen atoms in total. The summed E-state index contributed by atoms with van der Waals surface area (Å²) in [6.45, 7) is 12.4. The molecule has 1 unspecified atom stereocenters. The zero-order chi connectivity index (χ0) is 9.56. The van der Waals surface area contributed by atoms with Crippen LogP contribution in [0.1, 0.15) is 40.5 Å². The third-order valence-electron chi connectivity index (χ3n) is 2.35. The van der Waals surface area contributed by atoms with Crippen LogP contribution in [-0.4, -0.2) is 0 Å². The van der Waals surface area contributed by atoms with E-state index in [1.54, 1.807) is 0 Å². The average molecular weight is 164 g/mol. The second kappa shape index (κ2) is 5.85. The number of rotatable bonds is 4. The lowest BCUT2D eigenvalue weighted by atomic mass is 9.96. The lowest BCUT2D eigenvalue weighted by Gasteiger charge is -2.10. The summed E-state index contributed by atoms with van der Waals surface area (Å²) in [7, 11) is 0. The fourth-order valence-electron chi connectivity index (χ4n) is 1.26. The van der Waals surface area contributed by atoms with Gasteiger partial charge in [0.25, 0.3) is 0 Å². The summed E-state index contributed by atoms with van der Waals surface area (Å²) in [6.07, 6.45) is 4.46. The highest BCUT2D eigenvalue weighted by Gasteiger charge is 2.02. The Morgan fingerprint density at radius 3 is 2.50 bits per heavy atom. The van der Waals surface area contributed by atoms with E-state index < -0.39 is 0 Å². The Bertz CT molecular complexity index is 202. The maximum atomic E-state index is 3.59. The molecule has 0 heterocycles. The first-order valence-electron chi connectivity index (χ1n) is 4.65. The SMILES string of the molecule is C=C=CC(C)C(C)=C(C)CCC. The van der Waals surface area contributed by atoms with E-state index in [4.69, 9.17) is 0 Å². The van der Waals surface area contributed by atoms with Gasteiger partial charge in [-0.3, -0.25) is 0 Å². The molecule has 0 aromatic rings. The number of allylic oxidation sites excluding steroid dienone is 3. The minimum Gasteiger partial charge on any atom is -0.132 e. The van der Waals surface area contributed by atoms with Gasteiger partial charge in [-0.25, -0.2) is 0 Å². The van der Waals surface area contributed by atoms with Gasteiger partial charge in [0, 0.05) is 5.92 Å². The first-order chi connectivity index (χ1) is 5.63. The van der Waals surface area contributed by atoms with Crippen LogP contribution in [0.15, 0.2) is 29.5 Å². The predicted octanol–water partition coefficient (Wildman–Crippen LogP) is 4.10. The van der Waals surface area contributed by atoms with Gasteiger partial charge in [-0.1, -0.05) is 38.0 Å². The average Bonchev–Trinajstić information content (AvgIpc) is 2.04. The second-order valence-electron chi connectivity index (χ2n) is 3.37. The van der Waals surface area contributed by atoms with E-state index in [-0.39, 0.29) is 0 Å². The van der Waals surface area contributed by atoms with Gasteiger partial charge in [0.15, 0.2) is 0 Å². The summed E-state index contributed by atoms with van der Waals surface area (Å²) in [4.78, 5) is 0. The molecule has 0 aromatic carbocycles. The summed E-state index contributed by atoms with van der Waals surface area (Å²) in [5.41, 5.74) is 5.81. The smallest absolute Gasteiger partial charge is 0.00239 e. The predicted molar refractivity (Wildman–Crippen MR) is 56.2 cm³/mol. The molecule has 0 aromatic heterocycles. The molecule has 0 fully saturated rings. The first kappa shape index (κ1) is 11.3. The molecule has 0 radical (unpaired) electrons. The fraction of sp³-hybridized carbons (Fsp3) is 0.583. The van der Waals surface area contributed by atoms with Crippen molar-refractivity contribution in [1.82, 2.24) is 0 Å². The van der Waals surface area contributed by atoms with Crippen LogP contribution in [0.5, 0.6) is 0 Å². The monoisotopic (exact) mass is 164 g/mol. The molecular weight excluding hydrogens is 144 g/mol. The van der Waals surface area contributed by atoms with E-state index in [2.05, 4.69) is 40.0 Å². The quantitative estimate of drug-likeness (QED) is 0.433. The van der Waals surface area contributed by atoms with Crippen molar-refractivity contribution in [3.05, 3.63) is 29.5 Å². The van der Waals surface area contributed by atoms with Gasteiger partial charge in [-0.15, -0.1) is 5.73 Å². The van der Waals surface area contributed by atoms with E-state index in [0.29, 0.717) is 5.92 Å². The second-order valence-corrected chi connectivity index (χ2v) is 3.37. The van der Waals surface area contributed by atoms with Crippen LogP contribution < -0.4 is 0 Å². The molecule has 0 aliphatic rings. The molecule has 0 amide bonds. The Balaban J connectivity index is 4.41. The van der Waals surface area contributed by atoms with E-state index in [1.165, 1.54) is 24.0 Å². The zero-order valence-electron chi connectivity index (χ0n) is 8.78. The van der Waals surface area contributed by atoms with Crippen molar-refractivity contribution < 1.29 is 0 Å². The van der Waals surface area contributed by atoms with Crippen molar-refractivity contribution in [1.29, 1.82) is 0 Å². The molecule has 0 aliphatic heterocycles. The van der Waals surface area contributed by atoms with E-state index in [0.717, 1.165) is 0 Å². The molecule has 1 atom stereocenters. The van der Waals surface area contributed by atoms with Crippen LogP contribution in [0.3, 0.4) is 0 Å². The highest BCUT2D eigenvalue weighted by atomic mass is 14.1. The first-order valence-corrected chi connectivity index (χ1v) is 4.65. The fourth-order valence-corrected chi connectivity index (χ4v) is 1.26. The van der Waals surface area contributed by atoms with Crippen LogP contribution in [0.4, 0.5) is 0 Å². The number of hydrogen-bond donors (Lipinski definition) is 0. The van der Waals surface area contributed by atoms with E-state index in [1.807, 2.05) is 6.08 Å². The van der Waals surface area contributed by atoms with Gasteiger partial charge < -0.3 is 0 Å². The summed E-state index contributed by atoms with van der Waals surface area (Å²) in [5, 5.41) is 0. The van der Waals surface area contributed by atoms with Gasteiger partial charge >= 0.3 is 0 Å². The molecule has 12 heavy (non-hydrogen) atoms. The Kier molecular flexibility index (Phi) is 5.49. The Morgan fingerprint density at radius 2 is 2.08 bits per heavy atom. The summed E-state index contributed by atoms with van der Waals surface area (Å²) >= 11 is 0. The topological polar surface area (TPSA) is 0 Å². The highest BCUT2D eigenvalue weighted by Crippen LogP contribution is 2.18. The standard InChI is InChI=1S/C12H20/c1-6-8-10(3)12(5)11(4)9-7-2/h8,10H,1,7,9H2,2-5H3. The third kappa shape index (κ3) is 3.59. The zero-order valence-corrected chi connectivity index (χ0v) is 8.78. The van der Waals surface area contributed by atoms with Gasteiger partial charge in [0.1, 0.15) is 0 Å². The normalized spacial score (nSPS) is 14.7. The van der Waals surface area contributed by atoms with Gasteiger partial charge in [0.05, 0.1) is 0 Å². The largest absolute Gasteiger partial charge is 0.132 e. The van der Waals surface area contributed by atoms with Crippen molar-refractivity contribution in [3.8, 4) is 0 Å². The molecular formula is C12H20. The minimum atomic E-state index is 0.494. The minimum absolute atomic E-state index is 0.494. The van der Waals surface area contributed by atoms with Crippen molar-refractivity contribution in [2.75, 3.05) is 0 Å². The Morgan fingerprint density at radius 1 is 1.50 bits per heavy atom. The van der Waals surface area contributed by atoms with Crippen molar-refractivity contribution >= 4 is 0 Å². The molecule has 0 heteroatoms. The Hall–Kier alpha value is -0.740. The Labute approximate surface area is 76.7 Å². The van der Waals surface area contributed by atoms with Crippen LogP contribution in [-0.2, 0) is 0 Å². The van der Waals surface area contributed by atoms with Gasteiger partial charge in [-0.05, 0) is 26.3 Å². The van der Waals surface area contributed by atoms with Gasteiger partial charge in [0.2, 0.25) is 0 Å². The number of hydrogen-bond acceptors (Lipinski definition) is 0. The molecule has 0 saturated heterocycles. The van der Waals surface area contributed by atoms with Crippen LogP contribution in [0.25, 0.3) is 0 Å². The molecule has 0 N–H and O–H groups in total. The van der Waals surface area contributed by atoms with Crippen molar-refractivity contribution in [2.24, 2.45) is 5.92 Å². The molecule has 68 valence electrons. The van der Waals surface area contributed by atoms with E-state index >= 15 is 0 Å². The van der Waals surface area contributed by atoms with Crippen LogP contribution in [0, 0.1) is 5.92 Å². The van der Waals surface area contributed by atoms with Crippen LogP contribution in [0.2, 0.25) is 0 Å². The lowest BCUT2D eigenvalue weighted by molar-refractivity contribution is 0.803.